The lowest BCUT2D eigenvalue weighted by Gasteiger charge is -2.23. The topological polar surface area (TPSA) is 59.8 Å². The predicted octanol–water partition coefficient (Wildman–Crippen LogP) is 3.30. The quantitative estimate of drug-likeness (QED) is 0.779. The van der Waals surface area contributed by atoms with Gasteiger partial charge in [-0.3, -0.25) is 4.79 Å². The summed E-state index contributed by atoms with van der Waals surface area (Å²) in [5.41, 5.74) is 3.02. The van der Waals surface area contributed by atoms with Gasteiger partial charge in [-0.2, -0.15) is 0 Å². The van der Waals surface area contributed by atoms with Gasteiger partial charge in [-0.15, -0.1) is 5.10 Å². The minimum atomic E-state index is -0.614. The first-order valence-corrected chi connectivity index (χ1v) is 8.28. The molecule has 0 fully saturated rings. The van der Waals surface area contributed by atoms with Crippen molar-refractivity contribution in [2.24, 2.45) is 0 Å². The van der Waals surface area contributed by atoms with Crippen LogP contribution in [0.25, 0.3) is 0 Å². The molecule has 1 amide bonds. The van der Waals surface area contributed by atoms with Gasteiger partial charge in [0, 0.05) is 5.56 Å². The first-order valence-electron chi connectivity index (χ1n) is 8.28. The number of hydrogen-bond donors (Lipinski definition) is 1. The molecule has 0 bridgehead atoms. The van der Waals surface area contributed by atoms with E-state index in [9.17, 15) is 4.79 Å². The summed E-state index contributed by atoms with van der Waals surface area (Å²) in [4.78, 5) is 12.5. The second kappa shape index (κ2) is 6.89. The zero-order chi connectivity index (χ0) is 17.9. The smallest absolute Gasteiger partial charge is 0.252 e. The molecule has 0 aliphatic heterocycles. The third kappa shape index (κ3) is 4.12. The highest BCUT2D eigenvalue weighted by Gasteiger charge is 2.26. The Morgan fingerprint density at radius 1 is 1.08 bits per heavy atom. The molecule has 1 aromatic heterocycles. The Morgan fingerprint density at radius 2 is 1.76 bits per heavy atom. The van der Waals surface area contributed by atoms with Crippen molar-refractivity contribution in [1.29, 1.82) is 0 Å². The highest BCUT2D eigenvalue weighted by Crippen LogP contribution is 2.18. The van der Waals surface area contributed by atoms with Crippen LogP contribution in [0, 0.1) is 6.92 Å². The molecule has 3 rings (SSSR count). The van der Waals surface area contributed by atoms with Gasteiger partial charge in [0.1, 0.15) is 5.69 Å². The monoisotopic (exact) mass is 334 g/mol. The van der Waals surface area contributed by atoms with E-state index < -0.39 is 5.54 Å². The lowest BCUT2D eigenvalue weighted by atomic mass is 10.0. The van der Waals surface area contributed by atoms with Gasteiger partial charge >= 0.3 is 0 Å². The van der Waals surface area contributed by atoms with Crippen LogP contribution in [-0.4, -0.2) is 20.9 Å². The fourth-order valence-corrected chi connectivity index (χ4v) is 2.56. The van der Waals surface area contributed by atoms with Gasteiger partial charge in [0.05, 0.1) is 18.3 Å². The molecule has 0 saturated heterocycles. The SMILES string of the molecule is Cc1ccc(C(=O)NC(C)(C)c2cn(Cc3ccccc3)nn2)cc1. The van der Waals surface area contributed by atoms with E-state index in [1.165, 1.54) is 0 Å². The van der Waals surface area contributed by atoms with Crippen molar-refractivity contribution >= 4 is 5.91 Å². The maximum atomic E-state index is 12.5. The van der Waals surface area contributed by atoms with Crippen LogP contribution in [-0.2, 0) is 12.1 Å². The molecule has 25 heavy (non-hydrogen) atoms. The molecular weight excluding hydrogens is 312 g/mol. The summed E-state index contributed by atoms with van der Waals surface area (Å²) in [6.45, 7) is 6.50. The molecule has 0 aliphatic carbocycles. The summed E-state index contributed by atoms with van der Waals surface area (Å²) in [6, 6.07) is 17.6. The molecule has 2 aromatic carbocycles. The average Bonchev–Trinajstić information content (AvgIpc) is 3.05. The predicted molar refractivity (Wildman–Crippen MR) is 97.2 cm³/mol. The summed E-state index contributed by atoms with van der Waals surface area (Å²) < 4.78 is 1.78. The van der Waals surface area contributed by atoms with Crippen LogP contribution in [0.1, 0.15) is 41.0 Å². The van der Waals surface area contributed by atoms with Crippen LogP contribution in [0.3, 0.4) is 0 Å². The van der Waals surface area contributed by atoms with E-state index in [4.69, 9.17) is 0 Å². The molecular formula is C20H22N4O. The van der Waals surface area contributed by atoms with Gasteiger partial charge in [0.2, 0.25) is 0 Å². The number of rotatable bonds is 5. The largest absolute Gasteiger partial charge is 0.341 e. The summed E-state index contributed by atoms with van der Waals surface area (Å²) in [5, 5.41) is 11.5. The molecule has 0 atom stereocenters. The maximum Gasteiger partial charge on any atom is 0.252 e. The average molecular weight is 334 g/mol. The Hall–Kier alpha value is -2.95. The van der Waals surface area contributed by atoms with Gasteiger partial charge in [-0.1, -0.05) is 53.2 Å². The van der Waals surface area contributed by atoms with Crippen molar-refractivity contribution < 1.29 is 4.79 Å². The maximum absolute atomic E-state index is 12.5. The Bertz CT molecular complexity index is 851. The van der Waals surface area contributed by atoms with E-state index >= 15 is 0 Å². The molecule has 5 nitrogen and oxygen atoms in total. The highest BCUT2D eigenvalue weighted by atomic mass is 16.1. The Kier molecular flexibility index (Phi) is 4.65. The standard InChI is InChI=1S/C20H22N4O/c1-15-9-11-17(12-10-15)19(25)21-20(2,3)18-14-24(23-22-18)13-16-7-5-4-6-8-16/h4-12,14H,13H2,1-3H3,(H,21,25). The van der Waals surface area contributed by atoms with Crippen molar-refractivity contribution in [2.75, 3.05) is 0 Å². The number of aromatic nitrogens is 3. The number of aryl methyl sites for hydroxylation is 1. The van der Waals surface area contributed by atoms with Gasteiger partial charge in [-0.05, 0) is 38.5 Å². The molecule has 0 aliphatic rings. The van der Waals surface area contributed by atoms with E-state index in [-0.39, 0.29) is 5.91 Å². The Balaban J connectivity index is 1.71. The number of carbonyl (C=O) groups is 1. The van der Waals surface area contributed by atoms with E-state index in [2.05, 4.69) is 15.6 Å². The number of hydrogen-bond acceptors (Lipinski definition) is 3. The second-order valence-corrected chi connectivity index (χ2v) is 6.73. The lowest BCUT2D eigenvalue weighted by Crippen LogP contribution is -2.41. The fraction of sp³-hybridized carbons (Fsp3) is 0.250. The number of carbonyl (C=O) groups excluding carboxylic acids is 1. The number of amides is 1. The molecule has 128 valence electrons. The first-order chi connectivity index (χ1) is 11.9. The van der Waals surface area contributed by atoms with Crippen LogP contribution in [0.5, 0.6) is 0 Å². The van der Waals surface area contributed by atoms with Crippen molar-refractivity contribution in [3.05, 3.63) is 83.2 Å². The van der Waals surface area contributed by atoms with Crippen molar-refractivity contribution in [3.8, 4) is 0 Å². The van der Waals surface area contributed by atoms with Gasteiger partial charge < -0.3 is 5.32 Å². The minimum absolute atomic E-state index is 0.123. The van der Waals surface area contributed by atoms with Crippen LogP contribution in [0.15, 0.2) is 60.8 Å². The highest BCUT2D eigenvalue weighted by molar-refractivity contribution is 5.94. The minimum Gasteiger partial charge on any atom is -0.341 e. The third-order valence-corrected chi connectivity index (χ3v) is 4.11. The first kappa shape index (κ1) is 16.9. The number of nitrogens with zero attached hydrogens (tertiary/aromatic N) is 3. The van der Waals surface area contributed by atoms with Crippen LogP contribution >= 0.6 is 0 Å². The molecule has 0 saturated carbocycles. The van der Waals surface area contributed by atoms with E-state index in [0.717, 1.165) is 16.8 Å². The number of benzene rings is 2. The molecule has 3 aromatic rings. The van der Waals surface area contributed by atoms with Crippen LogP contribution < -0.4 is 5.32 Å². The molecule has 1 heterocycles. The third-order valence-electron chi connectivity index (χ3n) is 4.11. The van der Waals surface area contributed by atoms with Gasteiger partial charge in [0.15, 0.2) is 0 Å². The Labute approximate surface area is 147 Å². The van der Waals surface area contributed by atoms with Crippen LogP contribution in [0.2, 0.25) is 0 Å². The van der Waals surface area contributed by atoms with Gasteiger partial charge in [-0.25, -0.2) is 4.68 Å². The zero-order valence-electron chi connectivity index (χ0n) is 14.7. The van der Waals surface area contributed by atoms with Crippen molar-refractivity contribution in [1.82, 2.24) is 20.3 Å². The summed E-state index contributed by atoms with van der Waals surface area (Å²) in [7, 11) is 0. The summed E-state index contributed by atoms with van der Waals surface area (Å²) >= 11 is 0. The molecule has 1 N–H and O–H groups in total. The molecule has 0 unspecified atom stereocenters. The van der Waals surface area contributed by atoms with Crippen LogP contribution in [0.4, 0.5) is 0 Å². The molecule has 0 spiro atoms. The van der Waals surface area contributed by atoms with Gasteiger partial charge in [0.25, 0.3) is 5.91 Å². The summed E-state index contributed by atoms with van der Waals surface area (Å²) in [5.74, 6) is -0.123. The van der Waals surface area contributed by atoms with Crippen molar-refractivity contribution in [3.63, 3.8) is 0 Å². The van der Waals surface area contributed by atoms with E-state index in [1.54, 1.807) is 4.68 Å². The second-order valence-electron chi connectivity index (χ2n) is 6.73. The molecule has 0 radical (unpaired) electrons. The van der Waals surface area contributed by atoms with E-state index in [0.29, 0.717) is 12.1 Å². The fourth-order valence-electron chi connectivity index (χ4n) is 2.56. The summed E-state index contributed by atoms with van der Waals surface area (Å²) in [6.07, 6.45) is 1.88. The lowest BCUT2D eigenvalue weighted by molar-refractivity contribution is 0.0910. The normalized spacial score (nSPS) is 11.3. The number of nitrogens with one attached hydrogen (secondary N) is 1. The zero-order valence-corrected chi connectivity index (χ0v) is 14.7. The Morgan fingerprint density at radius 3 is 2.44 bits per heavy atom. The van der Waals surface area contributed by atoms with Crippen molar-refractivity contribution in [2.45, 2.75) is 32.9 Å². The molecule has 5 heteroatoms. The van der Waals surface area contributed by atoms with E-state index in [1.807, 2.05) is 81.6 Å².